The molecule has 1 N–H and O–H groups in total. The van der Waals surface area contributed by atoms with E-state index in [1.165, 1.54) is 12.1 Å². The quantitative estimate of drug-likeness (QED) is 0.699. The molecule has 1 aliphatic rings. The number of likely N-dealkylation sites (N-methyl/N-ethyl adjacent to an activating group) is 1. The van der Waals surface area contributed by atoms with Gasteiger partial charge in [-0.15, -0.1) is 0 Å². The number of amides is 1. The fourth-order valence-corrected chi connectivity index (χ4v) is 3.73. The molecule has 4 rings (SSSR count). The highest BCUT2D eigenvalue weighted by molar-refractivity contribution is 6.05. The van der Waals surface area contributed by atoms with Crippen LogP contribution in [0.2, 0.25) is 0 Å². The average molecular weight is 404 g/mol. The molecule has 0 spiro atoms. The van der Waals surface area contributed by atoms with Gasteiger partial charge in [-0.3, -0.25) is 4.79 Å². The Morgan fingerprint density at radius 2 is 1.73 bits per heavy atom. The summed E-state index contributed by atoms with van der Waals surface area (Å²) in [6, 6.07) is 18.0. The topological polar surface area (TPSA) is 48.5 Å². The molecule has 1 amide bonds. The van der Waals surface area contributed by atoms with Crippen LogP contribution in [0.5, 0.6) is 0 Å². The van der Waals surface area contributed by atoms with Crippen molar-refractivity contribution in [2.45, 2.75) is 12.5 Å². The number of carbonyl (C=O) groups is 1. The summed E-state index contributed by atoms with van der Waals surface area (Å²) in [7, 11) is 3.73. The molecule has 3 aromatic rings. The molecular formula is C24H25FN4O. The van der Waals surface area contributed by atoms with E-state index in [0.29, 0.717) is 11.6 Å². The van der Waals surface area contributed by atoms with Crippen LogP contribution in [0.1, 0.15) is 16.8 Å². The predicted molar refractivity (Wildman–Crippen MR) is 118 cm³/mol. The molecule has 1 saturated heterocycles. The molecule has 1 atom stereocenters. The van der Waals surface area contributed by atoms with E-state index in [-0.39, 0.29) is 11.7 Å². The number of carbonyl (C=O) groups excluding carboxylic acids is 1. The van der Waals surface area contributed by atoms with Crippen LogP contribution >= 0.6 is 0 Å². The summed E-state index contributed by atoms with van der Waals surface area (Å²) in [6.07, 6.45) is 2.85. The number of rotatable bonds is 5. The van der Waals surface area contributed by atoms with Crippen molar-refractivity contribution in [2.24, 2.45) is 0 Å². The molecule has 2 aromatic carbocycles. The number of nitrogens with zero attached hydrogens (tertiary/aromatic N) is 3. The lowest BCUT2D eigenvalue weighted by molar-refractivity contribution is 0.0993. The summed E-state index contributed by atoms with van der Waals surface area (Å²) >= 11 is 0. The Labute approximate surface area is 176 Å². The molecule has 0 radical (unpaired) electrons. The van der Waals surface area contributed by atoms with Crippen molar-refractivity contribution < 1.29 is 9.18 Å². The fourth-order valence-electron chi connectivity index (χ4n) is 3.73. The van der Waals surface area contributed by atoms with Crippen molar-refractivity contribution in [3.05, 3.63) is 78.2 Å². The lowest BCUT2D eigenvalue weighted by atomic mass is 10.0. The first-order valence-electron chi connectivity index (χ1n) is 10.1. The van der Waals surface area contributed by atoms with Gasteiger partial charge in [0.15, 0.2) is 0 Å². The molecule has 154 valence electrons. The maximum absolute atomic E-state index is 13.1. The van der Waals surface area contributed by atoms with Crippen molar-refractivity contribution in [2.75, 3.05) is 37.0 Å². The highest BCUT2D eigenvalue weighted by atomic mass is 19.1. The van der Waals surface area contributed by atoms with Crippen molar-refractivity contribution in [3.63, 3.8) is 0 Å². The van der Waals surface area contributed by atoms with Crippen LogP contribution in [0.25, 0.3) is 11.1 Å². The van der Waals surface area contributed by atoms with Crippen LogP contribution in [-0.4, -0.2) is 44.1 Å². The van der Waals surface area contributed by atoms with Crippen LogP contribution in [-0.2, 0) is 0 Å². The van der Waals surface area contributed by atoms with Crippen LogP contribution in [0.3, 0.4) is 0 Å². The maximum Gasteiger partial charge on any atom is 0.258 e. The van der Waals surface area contributed by atoms with Crippen molar-refractivity contribution in [1.82, 2.24) is 10.3 Å². The molecule has 0 saturated carbocycles. The van der Waals surface area contributed by atoms with Gasteiger partial charge in [0.25, 0.3) is 5.91 Å². The predicted octanol–water partition coefficient (Wildman–Crippen LogP) is 3.96. The summed E-state index contributed by atoms with van der Waals surface area (Å²) in [5.74, 6) is 0.561. The van der Waals surface area contributed by atoms with Crippen LogP contribution in [0.4, 0.5) is 15.9 Å². The Kier molecular flexibility index (Phi) is 5.77. The van der Waals surface area contributed by atoms with Gasteiger partial charge >= 0.3 is 0 Å². The van der Waals surface area contributed by atoms with Gasteiger partial charge in [0.05, 0.1) is 11.9 Å². The monoisotopic (exact) mass is 404 g/mol. The lowest BCUT2D eigenvalue weighted by Gasteiger charge is -2.20. The highest BCUT2D eigenvalue weighted by Crippen LogP contribution is 2.23. The zero-order valence-corrected chi connectivity index (χ0v) is 17.2. The average Bonchev–Trinajstić information content (AvgIpc) is 3.28. The van der Waals surface area contributed by atoms with E-state index in [4.69, 9.17) is 0 Å². The third kappa shape index (κ3) is 4.19. The van der Waals surface area contributed by atoms with Gasteiger partial charge in [0, 0.05) is 31.7 Å². The molecule has 1 aliphatic heterocycles. The Balaban J connectivity index is 1.44. The van der Waals surface area contributed by atoms with Crippen LogP contribution in [0.15, 0.2) is 66.9 Å². The third-order valence-corrected chi connectivity index (χ3v) is 5.65. The number of halogens is 1. The van der Waals surface area contributed by atoms with Gasteiger partial charge in [-0.1, -0.05) is 24.3 Å². The second-order valence-electron chi connectivity index (χ2n) is 7.54. The minimum atomic E-state index is -0.265. The molecule has 5 nitrogen and oxygen atoms in total. The number of anilines is 2. The summed E-state index contributed by atoms with van der Waals surface area (Å²) in [6.45, 7) is 1.92. The maximum atomic E-state index is 13.1. The second kappa shape index (κ2) is 8.63. The number of hydrogen-bond donors (Lipinski definition) is 1. The molecule has 2 heterocycles. The second-order valence-corrected chi connectivity index (χ2v) is 7.54. The number of benzene rings is 2. The zero-order chi connectivity index (χ0) is 21.1. The Bertz CT molecular complexity index is 1000. The van der Waals surface area contributed by atoms with E-state index in [9.17, 15) is 9.18 Å². The van der Waals surface area contributed by atoms with Crippen molar-refractivity contribution >= 4 is 17.4 Å². The van der Waals surface area contributed by atoms with Crippen molar-refractivity contribution in [1.29, 1.82) is 0 Å². The molecule has 0 bridgehead atoms. The molecule has 0 aliphatic carbocycles. The molecule has 1 aromatic heterocycles. The van der Waals surface area contributed by atoms with E-state index in [1.807, 2.05) is 31.3 Å². The van der Waals surface area contributed by atoms with E-state index in [0.717, 1.165) is 42.1 Å². The molecule has 6 heteroatoms. The number of pyridine rings is 1. The van der Waals surface area contributed by atoms with E-state index in [1.54, 1.807) is 42.4 Å². The molecular weight excluding hydrogens is 379 g/mol. The molecule has 1 unspecified atom stereocenters. The van der Waals surface area contributed by atoms with Gasteiger partial charge in [-0.25, -0.2) is 9.37 Å². The zero-order valence-electron chi connectivity index (χ0n) is 17.2. The largest absolute Gasteiger partial charge is 0.355 e. The Hall–Kier alpha value is -3.25. The number of hydrogen-bond acceptors (Lipinski definition) is 4. The first-order valence-corrected chi connectivity index (χ1v) is 10.1. The normalized spacial score (nSPS) is 16.0. The van der Waals surface area contributed by atoms with Gasteiger partial charge in [0.1, 0.15) is 11.6 Å². The summed E-state index contributed by atoms with van der Waals surface area (Å²) in [5.41, 5.74) is 3.18. The fraction of sp³-hybridized carbons (Fsp3) is 0.250. The molecule has 1 fully saturated rings. The van der Waals surface area contributed by atoms with E-state index >= 15 is 0 Å². The molecule has 30 heavy (non-hydrogen) atoms. The minimum absolute atomic E-state index is 0.105. The first kappa shape index (κ1) is 20.0. The smallest absolute Gasteiger partial charge is 0.258 e. The van der Waals surface area contributed by atoms with Gasteiger partial charge < -0.3 is 15.1 Å². The standard InChI is InChI=1S/C24H25FN4O/c1-26-21-13-14-29(16-21)23-12-11-22(15-27-23)28(2)24(30)19-5-3-17(4-6-19)18-7-9-20(25)10-8-18/h3-12,15,21,26H,13-14,16H2,1-2H3. The first-order chi connectivity index (χ1) is 14.5. The summed E-state index contributed by atoms with van der Waals surface area (Å²) in [5, 5.41) is 3.30. The van der Waals surface area contributed by atoms with Crippen LogP contribution in [0, 0.1) is 5.82 Å². The van der Waals surface area contributed by atoms with Crippen molar-refractivity contribution in [3.8, 4) is 11.1 Å². The highest BCUT2D eigenvalue weighted by Gasteiger charge is 2.22. The summed E-state index contributed by atoms with van der Waals surface area (Å²) < 4.78 is 13.1. The van der Waals surface area contributed by atoms with Gasteiger partial charge in [0.2, 0.25) is 0 Å². The van der Waals surface area contributed by atoms with Crippen LogP contribution < -0.4 is 15.1 Å². The Morgan fingerprint density at radius 3 is 2.30 bits per heavy atom. The number of aromatic nitrogens is 1. The van der Waals surface area contributed by atoms with E-state index in [2.05, 4.69) is 15.2 Å². The van der Waals surface area contributed by atoms with Gasteiger partial charge in [-0.05, 0) is 61.0 Å². The number of nitrogens with one attached hydrogen (secondary N) is 1. The minimum Gasteiger partial charge on any atom is -0.355 e. The van der Waals surface area contributed by atoms with Gasteiger partial charge in [-0.2, -0.15) is 0 Å². The third-order valence-electron chi connectivity index (χ3n) is 5.65. The van der Waals surface area contributed by atoms with E-state index < -0.39 is 0 Å². The Morgan fingerprint density at radius 1 is 1.07 bits per heavy atom. The summed E-state index contributed by atoms with van der Waals surface area (Å²) in [4.78, 5) is 21.3. The SMILES string of the molecule is CNC1CCN(c2ccc(N(C)C(=O)c3ccc(-c4ccc(F)cc4)cc3)cn2)C1. The lowest BCUT2D eigenvalue weighted by Crippen LogP contribution is -2.30.